The SMILES string of the molecule is CN(Cc1ccc(C#N)cc1)C(=O)NCCN(C)c1ccccc1. The van der Waals surface area contributed by atoms with Crippen LogP contribution in [0.15, 0.2) is 54.6 Å². The molecule has 0 saturated heterocycles. The number of benzene rings is 2. The van der Waals surface area contributed by atoms with Crippen LogP contribution in [-0.2, 0) is 6.54 Å². The van der Waals surface area contributed by atoms with Crippen LogP contribution in [0.4, 0.5) is 10.5 Å². The summed E-state index contributed by atoms with van der Waals surface area (Å²) in [5.74, 6) is 0. The van der Waals surface area contributed by atoms with Gasteiger partial charge in [-0.15, -0.1) is 0 Å². The van der Waals surface area contributed by atoms with E-state index in [9.17, 15) is 4.79 Å². The van der Waals surface area contributed by atoms with E-state index in [0.29, 0.717) is 18.7 Å². The highest BCUT2D eigenvalue weighted by atomic mass is 16.2. The molecule has 2 rings (SSSR count). The van der Waals surface area contributed by atoms with E-state index in [0.717, 1.165) is 17.8 Å². The molecule has 0 unspecified atom stereocenters. The zero-order chi connectivity index (χ0) is 17.4. The van der Waals surface area contributed by atoms with Crippen LogP contribution >= 0.6 is 0 Å². The van der Waals surface area contributed by atoms with Crippen molar-refractivity contribution in [1.29, 1.82) is 5.26 Å². The highest BCUT2D eigenvalue weighted by molar-refractivity contribution is 5.73. The van der Waals surface area contributed by atoms with Gasteiger partial charge in [0.15, 0.2) is 0 Å². The quantitative estimate of drug-likeness (QED) is 0.889. The van der Waals surface area contributed by atoms with Crippen LogP contribution in [0.25, 0.3) is 0 Å². The number of anilines is 1. The molecular weight excluding hydrogens is 300 g/mol. The largest absolute Gasteiger partial charge is 0.373 e. The van der Waals surface area contributed by atoms with Gasteiger partial charge in [0.1, 0.15) is 0 Å². The number of amides is 2. The Balaban J connectivity index is 1.76. The second-order valence-corrected chi connectivity index (χ2v) is 5.65. The highest BCUT2D eigenvalue weighted by Gasteiger charge is 2.09. The minimum atomic E-state index is -0.110. The average molecular weight is 322 g/mol. The number of hydrogen-bond donors (Lipinski definition) is 1. The molecular formula is C19H22N4O. The number of nitriles is 1. The fourth-order valence-corrected chi connectivity index (χ4v) is 2.31. The van der Waals surface area contributed by atoms with Crippen molar-refractivity contribution in [2.75, 3.05) is 32.1 Å². The first-order valence-electron chi connectivity index (χ1n) is 7.84. The maximum atomic E-state index is 12.1. The van der Waals surface area contributed by atoms with E-state index in [1.807, 2.05) is 49.5 Å². The summed E-state index contributed by atoms with van der Waals surface area (Å²) in [6.45, 7) is 1.81. The van der Waals surface area contributed by atoms with Crippen molar-refractivity contribution in [3.63, 3.8) is 0 Å². The molecule has 24 heavy (non-hydrogen) atoms. The predicted octanol–water partition coefficient (Wildman–Crippen LogP) is 2.84. The Morgan fingerprint density at radius 3 is 2.38 bits per heavy atom. The molecule has 0 aliphatic carbocycles. The maximum Gasteiger partial charge on any atom is 0.317 e. The molecule has 0 radical (unpaired) electrons. The van der Waals surface area contributed by atoms with Crippen LogP contribution in [0.1, 0.15) is 11.1 Å². The lowest BCUT2D eigenvalue weighted by molar-refractivity contribution is 0.207. The molecule has 2 amide bonds. The van der Waals surface area contributed by atoms with Gasteiger partial charge in [-0.25, -0.2) is 4.79 Å². The standard InChI is InChI=1S/C19H22N4O/c1-22(18-6-4-3-5-7-18)13-12-21-19(24)23(2)15-17-10-8-16(14-20)9-11-17/h3-11H,12-13,15H2,1-2H3,(H,21,24). The van der Waals surface area contributed by atoms with E-state index in [4.69, 9.17) is 5.26 Å². The van der Waals surface area contributed by atoms with Crippen molar-refractivity contribution in [1.82, 2.24) is 10.2 Å². The molecule has 0 aliphatic rings. The number of carbonyl (C=O) groups excluding carboxylic acids is 1. The van der Waals surface area contributed by atoms with E-state index >= 15 is 0 Å². The van der Waals surface area contributed by atoms with Crippen molar-refractivity contribution in [3.8, 4) is 6.07 Å². The first kappa shape index (κ1) is 17.4. The van der Waals surface area contributed by atoms with Crippen LogP contribution in [-0.4, -0.2) is 38.1 Å². The normalized spacial score (nSPS) is 9.88. The summed E-state index contributed by atoms with van der Waals surface area (Å²) < 4.78 is 0. The fraction of sp³-hybridized carbons (Fsp3) is 0.263. The van der Waals surface area contributed by atoms with Gasteiger partial charge >= 0.3 is 6.03 Å². The topological polar surface area (TPSA) is 59.4 Å². The number of para-hydroxylation sites is 1. The van der Waals surface area contributed by atoms with Crippen LogP contribution < -0.4 is 10.2 Å². The Hall–Kier alpha value is -3.00. The summed E-state index contributed by atoms with van der Waals surface area (Å²) in [6.07, 6.45) is 0. The summed E-state index contributed by atoms with van der Waals surface area (Å²) in [4.78, 5) is 15.9. The van der Waals surface area contributed by atoms with E-state index in [1.54, 1.807) is 24.1 Å². The van der Waals surface area contributed by atoms with E-state index in [1.165, 1.54) is 0 Å². The molecule has 2 aromatic rings. The van der Waals surface area contributed by atoms with Crippen LogP contribution in [0.2, 0.25) is 0 Å². The van der Waals surface area contributed by atoms with Gasteiger partial charge in [-0.1, -0.05) is 30.3 Å². The van der Waals surface area contributed by atoms with Gasteiger partial charge in [0, 0.05) is 39.4 Å². The first-order chi connectivity index (χ1) is 11.6. The number of likely N-dealkylation sites (N-methyl/N-ethyl adjacent to an activating group) is 1. The third-order valence-corrected chi connectivity index (χ3v) is 3.77. The Morgan fingerprint density at radius 1 is 1.08 bits per heavy atom. The molecule has 0 fully saturated rings. The number of rotatable bonds is 6. The van der Waals surface area contributed by atoms with Gasteiger partial charge in [-0.2, -0.15) is 5.26 Å². The van der Waals surface area contributed by atoms with E-state index < -0.39 is 0 Å². The van der Waals surface area contributed by atoms with Crippen molar-refractivity contribution in [2.45, 2.75) is 6.54 Å². The van der Waals surface area contributed by atoms with Gasteiger partial charge in [0.05, 0.1) is 11.6 Å². The zero-order valence-corrected chi connectivity index (χ0v) is 14.1. The Labute approximate surface area is 143 Å². The lowest BCUT2D eigenvalue weighted by Crippen LogP contribution is -2.40. The predicted molar refractivity (Wildman–Crippen MR) is 95.7 cm³/mol. The molecule has 0 spiro atoms. The zero-order valence-electron chi connectivity index (χ0n) is 14.1. The molecule has 0 aromatic heterocycles. The Morgan fingerprint density at radius 2 is 1.75 bits per heavy atom. The number of carbonyl (C=O) groups is 1. The molecule has 5 nitrogen and oxygen atoms in total. The van der Waals surface area contributed by atoms with Crippen molar-refractivity contribution in [3.05, 3.63) is 65.7 Å². The van der Waals surface area contributed by atoms with Crippen molar-refractivity contribution in [2.24, 2.45) is 0 Å². The molecule has 0 bridgehead atoms. The number of nitrogens with one attached hydrogen (secondary N) is 1. The molecule has 5 heteroatoms. The van der Waals surface area contributed by atoms with Gasteiger partial charge in [-0.3, -0.25) is 0 Å². The maximum absolute atomic E-state index is 12.1. The van der Waals surface area contributed by atoms with Crippen molar-refractivity contribution >= 4 is 11.7 Å². The fourth-order valence-electron chi connectivity index (χ4n) is 2.31. The van der Waals surface area contributed by atoms with Crippen molar-refractivity contribution < 1.29 is 4.79 Å². The molecule has 2 aromatic carbocycles. The monoisotopic (exact) mass is 322 g/mol. The number of hydrogen-bond acceptors (Lipinski definition) is 3. The van der Waals surface area contributed by atoms with Crippen LogP contribution in [0.5, 0.6) is 0 Å². The summed E-state index contributed by atoms with van der Waals surface area (Å²) in [5.41, 5.74) is 2.74. The van der Waals surface area contributed by atoms with E-state index in [2.05, 4.69) is 16.3 Å². The minimum absolute atomic E-state index is 0.110. The number of nitrogens with zero attached hydrogens (tertiary/aromatic N) is 3. The molecule has 0 saturated carbocycles. The molecule has 0 heterocycles. The summed E-state index contributed by atoms with van der Waals surface area (Å²) in [5, 5.41) is 11.7. The molecule has 124 valence electrons. The summed E-state index contributed by atoms with van der Waals surface area (Å²) in [7, 11) is 3.76. The van der Waals surface area contributed by atoms with Crippen LogP contribution in [0, 0.1) is 11.3 Å². The Kier molecular flexibility index (Phi) is 6.21. The van der Waals surface area contributed by atoms with Gasteiger partial charge in [0.25, 0.3) is 0 Å². The lowest BCUT2D eigenvalue weighted by Gasteiger charge is -2.22. The van der Waals surface area contributed by atoms with E-state index in [-0.39, 0.29) is 6.03 Å². The first-order valence-corrected chi connectivity index (χ1v) is 7.84. The highest BCUT2D eigenvalue weighted by Crippen LogP contribution is 2.10. The third-order valence-electron chi connectivity index (χ3n) is 3.77. The molecule has 0 aliphatic heterocycles. The second kappa shape index (κ2) is 8.59. The summed E-state index contributed by atoms with van der Waals surface area (Å²) >= 11 is 0. The van der Waals surface area contributed by atoms with Gasteiger partial charge < -0.3 is 15.1 Å². The lowest BCUT2D eigenvalue weighted by atomic mass is 10.1. The van der Waals surface area contributed by atoms with Gasteiger partial charge in [-0.05, 0) is 29.8 Å². The van der Waals surface area contributed by atoms with Crippen LogP contribution in [0.3, 0.4) is 0 Å². The summed E-state index contributed by atoms with van der Waals surface area (Å²) in [6, 6.07) is 19.3. The average Bonchev–Trinajstić information content (AvgIpc) is 2.62. The minimum Gasteiger partial charge on any atom is -0.373 e. The number of urea groups is 1. The third kappa shape index (κ3) is 5.03. The smallest absolute Gasteiger partial charge is 0.317 e. The molecule has 0 atom stereocenters. The second-order valence-electron chi connectivity index (χ2n) is 5.65. The van der Waals surface area contributed by atoms with Gasteiger partial charge in [0.2, 0.25) is 0 Å². The molecule has 1 N–H and O–H groups in total. The Bertz CT molecular complexity index is 692.